The van der Waals surface area contributed by atoms with Crippen molar-refractivity contribution in [1.29, 1.82) is 0 Å². The number of rotatable bonds is 8. The van der Waals surface area contributed by atoms with Crippen molar-refractivity contribution in [3.63, 3.8) is 0 Å². The number of carbonyl (C=O) groups excluding carboxylic acids is 2. The van der Waals surface area contributed by atoms with E-state index >= 15 is 0 Å². The molecule has 1 heterocycles. The largest absolute Gasteiger partial charge is 0.492 e. The van der Waals surface area contributed by atoms with Crippen molar-refractivity contribution >= 4 is 39.1 Å². The summed E-state index contributed by atoms with van der Waals surface area (Å²) in [5, 5.41) is 7.55. The van der Waals surface area contributed by atoms with Gasteiger partial charge >= 0.3 is 0 Å². The number of hydrogen-bond donors (Lipinski definition) is 2. The van der Waals surface area contributed by atoms with Crippen LogP contribution >= 0.6 is 27.3 Å². The fraction of sp³-hybridized carbons (Fsp3) is 0.294. The van der Waals surface area contributed by atoms with Crippen LogP contribution in [0.5, 0.6) is 5.75 Å². The van der Waals surface area contributed by atoms with Crippen LogP contribution in [-0.4, -0.2) is 25.0 Å². The number of ether oxygens (including phenoxy) is 1. The van der Waals surface area contributed by atoms with Gasteiger partial charge in [-0.05, 0) is 29.6 Å². The summed E-state index contributed by atoms with van der Waals surface area (Å²) >= 11 is 4.89. The highest BCUT2D eigenvalue weighted by atomic mass is 79.9. The van der Waals surface area contributed by atoms with Crippen LogP contribution < -0.4 is 15.4 Å². The first-order valence-electron chi connectivity index (χ1n) is 7.50. The van der Waals surface area contributed by atoms with E-state index in [2.05, 4.69) is 26.6 Å². The molecule has 1 atom stereocenters. The van der Waals surface area contributed by atoms with Gasteiger partial charge in [-0.25, -0.2) is 0 Å². The van der Waals surface area contributed by atoms with Gasteiger partial charge in [0.05, 0.1) is 19.0 Å². The number of thiophene rings is 1. The fourth-order valence-corrected chi connectivity index (χ4v) is 3.29. The normalized spacial score (nSPS) is 11.6. The number of hydrogen-bond acceptors (Lipinski definition) is 4. The van der Waals surface area contributed by atoms with E-state index in [1.54, 1.807) is 0 Å². The molecule has 0 saturated heterocycles. The number of nitrogens with one attached hydrogen (secondary N) is 2. The van der Waals surface area contributed by atoms with E-state index in [9.17, 15) is 9.59 Å². The van der Waals surface area contributed by atoms with Crippen molar-refractivity contribution in [2.45, 2.75) is 19.4 Å². The Morgan fingerprint density at radius 2 is 2.12 bits per heavy atom. The minimum Gasteiger partial charge on any atom is -0.492 e. The van der Waals surface area contributed by atoms with Crippen LogP contribution in [0.25, 0.3) is 0 Å². The maximum atomic E-state index is 12.1. The predicted molar refractivity (Wildman–Crippen MR) is 98.1 cm³/mol. The van der Waals surface area contributed by atoms with E-state index in [0.717, 1.165) is 15.1 Å². The van der Waals surface area contributed by atoms with E-state index in [0.29, 0.717) is 13.2 Å². The lowest BCUT2D eigenvalue weighted by atomic mass is 10.1. The number of carbonyl (C=O) groups is 2. The Morgan fingerprint density at radius 3 is 2.79 bits per heavy atom. The smallest absolute Gasteiger partial charge is 0.222 e. The lowest BCUT2D eigenvalue weighted by Crippen LogP contribution is -2.34. The average Bonchev–Trinajstić information content (AvgIpc) is 3.05. The first-order valence-corrected chi connectivity index (χ1v) is 9.17. The molecule has 0 aliphatic carbocycles. The Hall–Kier alpha value is -1.86. The molecule has 2 amide bonds. The molecule has 0 fully saturated rings. The molecule has 0 spiro atoms. The van der Waals surface area contributed by atoms with Crippen molar-refractivity contribution < 1.29 is 14.3 Å². The standard InChI is InChI=1S/C17H19BrN2O3S/c1-12(21)20-15(16-6-3-9-24-16)11-17(22)19-7-8-23-14-5-2-4-13(18)10-14/h2-6,9-10,15H,7-8,11H2,1H3,(H,19,22)(H,20,21)/t15-/m1/s1. The van der Waals surface area contributed by atoms with E-state index in [1.165, 1.54) is 18.3 Å². The Morgan fingerprint density at radius 1 is 1.29 bits per heavy atom. The first-order chi connectivity index (χ1) is 11.5. The van der Waals surface area contributed by atoms with Gasteiger partial charge in [-0.3, -0.25) is 9.59 Å². The molecule has 0 bridgehead atoms. The third kappa shape index (κ3) is 6.33. The third-order valence-corrected chi connectivity index (χ3v) is 4.62. The number of benzene rings is 1. The summed E-state index contributed by atoms with van der Waals surface area (Å²) in [6.45, 7) is 2.24. The van der Waals surface area contributed by atoms with E-state index in [-0.39, 0.29) is 24.3 Å². The molecule has 0 aliphatic rings. The van der Waals surface area contributed by atoms with Crippen LogP contribution in [0.3, 0.4) is 0 Å². The van der Waals surface area contributed by atoms with E-state index < -0.39 is 0 Å². The molecular formula is C17H19BrN2O3S. The summed E-state index contributed by atoms with van der Waals surface area (Å²) in [6.07, 6.45) is 0.205. The molecule has 24 heavy (non-hydrogen) atoms. The SMILES string of the molecule is CC(=O)N[C@H](CC(=O)NCCOc1cccc(Br)c1)c1cccs1. The quantitative estimate of drug-likeness (QED) is 0.656. The second kappa shape index (κ2) is 9.44. The molecule has 0 aliphatic heterocycles. The van der Waals surface area contributed by atoms with Gasteiger partial charge in [0, 0.05) is 16.3 Å². The van der Waals surface area contributed by atoms with Gasteiger partial charge in [-0.15, -0.1) is 11.3 Å². The summed E-state index contributed by atoms with van der Waals surface area (Å²) in [5.74, 6) is 0.465. The second-order valence-electron chi connectivity index (χ2n) is 5.13. The summed E-state index contributed by atoms with van der Waals surface area (Å²) in [6, 6.07) is 11.0. The predicted octanol–water partition coefficient (Wildman–Crippen LogP) is 3.27. The molecule has 2 N–H and O–H groups in total. The van der Waals surface area contributed by atoms with Crippen LogP contribution in [0.1, 0.15) is 24.3 Å². The zero-order valence-electron chi connectivity index (χ0n) is 13.3. The zero-order valence-corrected chi connectivity index (χ0v) is 15.7. The van der Waals surface area contributed by atoms with E-state index in [1.807, 2.05) is 41.8 Å². The van der Waals surface area contributed by atoms with Gasteiger partial charge in [0.25, 0.3) is 0 Å². The first kappa shape index (κ1) is 18.5. The van der Waals surface area contributed by atoms with Crippen LogP contribution in [0.15, 0.2) is 46.3 Å². The van der Waals surface area contributed by atoms with Gasteiger partial charge in [0.2, 0.25) is 11.8 Å². The minimum absolute atomic E-state index is 0.125. The van der Waals surface area contributed by atoms with Crippen LogP contribution in [-0.2, 0) is 9.59 Å². The molecule has 7 heteroatoms. The van der Waals surface area contributed by atoms with Crippen molar-refractivity contribution in [1.82, 2.24) is 10.6 Å². The van der Waals surface area contributed by atoms with Crippen molar-refractivity contribution in [2.24, 2.45) is 0 Å². The molecule has 5 nitrogen and oxygen atoms in total. The van der Waals surface area contributed by atoms with Crippen LogP contribution in [0.4, 0.5) is 0 Å². The Labute approximate surface area is 153 Å². The molecule has 2 rings (SSSR count). The second-order valence-corrected chi connectivity index (χ2v) is 7.02. The number of halogens is 1. The van der Waals surface area contributed by atoms with Gasteiger partial charge in [-0.1, -0.05) is 28.1 Å². The summed E-state index contributed by atoms with van der Waals surface area (Å²) in [5.41, 5.74) is 0. The molecule has 0 radical (unpaired) electrons. The molecule has 128 valence electrons. The molecule has 1 aromatic carbocycles. The average molecular weight is 411 g/mol. The molecule has 2 aromatic rings. The molecule has 0 saturated carbocycles. The highest BCUT2D eigenvalue weighted by Crippen LogP contribution is 2.22. The van der Waals surface area contributed by atoms with Gasteiger partial charge in [0.1, 0.15) is 12.4 Å². The zero-order chi connectivity index (χ0) is 17.4. The van der Waals surface area contributed by atoms with Crippen LogP contribution in [0, 0.1) is 0 Å². The summed E-state index contributed by atoms with van der Waals surface area (Å²) in [4.78, 5) is 24.4. The van der Waals surface area contributed by atoms with Crippen molar-refractivity contribution in [3.05, 3.63) is 51.1 Å². The Kier molecular flexibility index (Phi) is 7.27. The molecular weight excluding hydrogens is 392 g/mol. The topological polar surface area (TPSA) is 67.4 Å². The van der Waals surface area contributed by atoms with Crippen molar-refractivity contribution in [2.75, 3.05) is 13.2 Å². The summed E-state index contributed by atoms with van der Waals surface area (Å²) in [7, 11) is 0. The fourth-order valence-electron chi connectivity index (χ4n) is 2.13. The monoisotopic (exact) mass is 410 g/mol. The Balaban J connectivity index is 1.76. The lowest BCUT2D eigenvalue weighted by Gasteiger charge is -2.16. The number of amides is 2. The van der Waals surface area contributed by atoms with Gasteiger partial charge in [0.15, 0.2) is 0 Å². The van der Waals surface area contributed by atoms with Gasteiger partial charge < -0.3 is 15.4 Å². The minimum atomic E-state index is -0.298. The maximum Gasteiger partial charge on any atom is 0.222 e. The maximum absolute atomic E-state index is 12.1. The Bertz CT molecular complexity index is 676. The highest BCUT2D eigenvalue weighted by molar-refractivity contribution is 9.10. The van der Waals surface area contributed by atoms with Gasteiger partial charge in [-0.2, -0.15) is 0 Å². The lowest BCUT2D eigenvalue weighted by molar-refractivity contribution is -0.122. The highest BCUT2D eigenvalue weighted by Gasteiger charge is 2.17. The van der Waals surface area contributed by atoms with Crippen LogP contribution in [0.2, 0.25) is 0 Å². The molecule has 1 aromatic heterocycles. The third-order valence-electron chi connectivity index (χ3n) is 3.14. The molecule has 0 unspecified atom stereocenters. The van der Waals surface area contributed by atoms with Crippen molar-refractivity contribution in [3.8, 4) is 5.75 Å². The van der Waals surface area contributed by atoms with E-state index in [4.69, 9.17) is 4.74 Å². The summed E-state index contributed by atoms with van der Waals surface area (Å²) < 4.78 is 6.51.